The van der Waals surface area contributed by atoms with E-state index in [9.17, 15) is 19.7 Å². The van der Waals surface area contributed by atoms with Gasteiger partial charge in [0, 0.05) is 36.6 Å². The van der Waals surface area contributed by atoms with Crippen molar-refractivity contribution in [2.75, 3.05) is 43.1 Å². The minimum atomic E-state index is -0.754. The number of hydrogen-bond acceptors (Lipinski definition) is 7. The molecule has 0 spiro atoms. The number of halogens is 1. The van der Waals surface area contributed by atoms with E-state index in [1.807, 2.05) is 12.1 Å². The number of nitro groups is 1. The smallest absolute Gasteiger partial charge is 0.331 e. The van der Waals surface area contributed by atoms with Crippen LogP contribution in [0.4, 0.5) is 17.1 Å². The molecule has 1 saturated heterocycles. The van der Waals surface area contributed by atoms with Crippen molar-refractivity contribution in [2.45, 2.75) is 0 Å². The van der Waals surface area contributed by atoms with E-state index >= 15 is 0 Å². The molecule has 0 aliphatic carbocycles. The molecule has 1 aliphatic heterocycles. The fraction of sp³-hybridized carbons (Fsp3) is 0.238. The maximum atomic E-state index is 12.0. The topological polar surface area (TPSA) is 111 Å². The Hall–Kier alpha value is -3.43. The molecule has 162 valence electrons. The fourth-order valence-electron chi connectivity index (χ4n) is 2.90. The van der Waals surface area contributed by atoms with Crippen LogP contribution in [0.1, 0.15) is 5.56 Å². The predicted molar refractivity (Wildman–Crippen MR) is 116 cm³/mol. The molecule has 1 fully saturated rings. The van der Waals surface area contributed by atoms with Crippen LogP contribution in [0.15, 0.2) is 48.5 Å². The van der Waals surface area contributed by atoms with Crippen LogP contribution in [0.3, 0.4) is 0 Å². The first-order valence-corrected chi connectivity index (χ1v) is 9.81. The summed E-state index contributed by atoms with van der Waals surface area (Å²) in [6.45, 7) is 2.55. The van der Waals surface area contributed by atoms with Crippen LogP contribution in [-0.2, 0) is 19.1 Å². The van der Waals surface area contributed by atoms with E-state index < -0.39 is 23.4 Å². The van der Waals surface area contributed by atoms with E-state index in [0.29, 0.717) is 24.5 Å². The third-order valence-corrected chi connectivity index (χ3v) is 4.77. The quantitative estimate of drug-likeness (QED) is 0.301. The summed E-state index contributed by atoms with van der Waals surface area (Å²) in [5.41, 5.74) is 1.76. The van der Waals surface area contributed by atoms with Crippen LogP contribution in [0, 0.1) is 10.1 Å². The Morgan fingerprint density at radius 3 is 2.58 bits per heavy atom. The second-order valence-corrected chi connectivity index (χ2v) is 7.01. The van der Waals surface area contributed by atoms with Crippen LogP contribution in [-0.4, -0.2) is 49.7 Å². The fourth-order valence-corrected chi connectivity index (χ4v) is 3.08. The van der Waals surface area contributed by atoms with Gasteiger partial charge in [-0.3, -0.25) is 14.9 Å². The number of nitro benzene ring substituents is 1. The molecule has 9 nitrogen and oxygen atoms in total. The lowest BCUT2D eigenvalue weighted by Gasteiger charge is -2.28. The maximum absolute atomic E-state index is 12.0. The van der Waals surface area contributed by atoms with Crippen LogP contribution in [0.25, 0.3) is 6.08 Å². The first-order valence-electron chi connectivity index (χ1n) is 9.44. The molecule has 0 saturated carbocycles. The molecule has 0 bridgehead atoms. The van der Waals surface area contributed by atoms with Crippen LogP contribution in [0.2, 0.25) is 5.02 Å². The van der Waals surface area contributed by atoms with Gasteiger partial charge in [0.1, 0.15) is 5.02 Å². The summed E-state index contributed by atoms with van der Waals surface area (Å²) >= 11 is 5.74. The number of morpholine rings is 1. The predicted octanol–water partition coefficient (Wildman–Crippen LogP) is 3.28. The third kappa shape index (κ3) is 6.53. The van der Waals surface area contributed by atoms with E-state index in [1.165, 1.54) is 24.3 Å². The monoisotopic (exact) mass is 445 g/mol. The minimum Gasteiger partial charge on any atom is -0.452 e. The standard InChI is InChI=1S/C21H20ClN3O6/c22-18-7-1-15(13-19(18)25(28)29)2-8-21(27)31-14-20(26)23-16-3-5-17(6-4-16)24-9-11-30-12-10-24/h1-8,13H,9-12,14H2,(H,23,26)/b8-2+. The third-order valence-electron chi connectivity index (χ3n) is 4.45. The van der Waals surface area contributed by atoms with Gasteiger partial charge in [0.15, 0.2) is 6.61 Å². The highest BCUT2D eigenvalue weighted by Gasteiger charge is 2.13. The van der Waals surface area contributed by atoms with Crippen LogP contribution < -0.4 is 10.2 Å². The SMILES string of the molecule is O=C(COC(=O)/C=C/c1ccc(Cl)c([N+](=O)[O-])c1)Nc1ccc(N2CCOCC2)cc1. The Kier molecular flexibility index (Phi) is 7.58. The average Bonchev–Trinajstić information content (AvgIpc) is 2.78. The number of nitrogens with zero attached hydrogens (tertiary/aromatic N) is 2. The second-order valence-electron chi connectivity index (χ2n) is 6.60. The number of anilines is 2. The van der Waals surface area contributed by atoms with Crippen molar-refractivity contribution in [3.8, 4) is 0 Å². The lowest BCUT2D eigenvalue weighted by molar-refractivity contribution is -0.384. The maximum Gasteiger partial charge on any atom is 0.331 e. The highest BCUT2D eigenvalue weighted by molar-refractivity contribution is 6.32. The number of carbonyl (C=O) groups is 2. The van der Waals surface area contributed by atoms with Gasteiger partial charge in [-0.05, 0) is 42.0 Å². The van der Waals surface area contributed by atoms with E-state index in [1.54, 1.807) is 12.1 Å². The Balaban J connectivity index is 1.47. The molecule has 31 heavy (non-hydrogen) atoms. The summed E-state index contributed by atoms with van der Waals surface area (Å²) in [6, 6.07) is 11.5. The Morgan fingerprint density at radius 2 is 1.90 bits per heavy atom. The van der Waals surface area contributed by atoms with E-state index in [2.05, 4.69) is 10.2 Å². The number of hydrogen-bond donors (Lipinski definition) is 1. The zero-order valence-electron chi connectivity index (χ0n) is 16.5. The number of nitrogens with one attached hydrogen (secondary N) is 1. The molecule has 0 atom stereocenters. The van der Waals surface area contributed by atoms with E-state index in [-0.39, 0.29) is 10.7 Å². The van der Waals surface area contributed by atoms with Crippen molar-refractivity contribution < 1.29 is 24.0 Å². The van der Waals surface area contributed by atoms with Crippen molar-refractivity contribution in [2.24, 2.45) is 0 Å². The van der Waals surface area contributed by atoms with Gasteiger partial charge in [0.25, 0.3) is 11.6 Å². The molecule has 10 heteroatoms. The highest BCUT2D eigenvalue weighted by atomic mass is 35.5. The molecule has 1 amide bonds. The van der Waals surface area contributed by atoms with Gasteiger partial charge in [-0.1, -0.05) is 17.7 Å². The lowest BCUT2D eigenvalue weighted by atomic mass is 10.2. The van der Waals surface area contributed by atoms with Crippen LogP contribution in [0.5, 0.6) is 0 Å². The van der Waals surface area contributed by atoms with Crippen molar-refractivity contribution in [1.29, 1.82) is 0 Å². The van der Waals surface area contributed by atoms with Gasteiger partial charge in [-0.2, -0.15) is 0 Å². The molecule has 1 heterocycles. The van der Waals surface area contributed by atoms with Gasteiger partial charge in [-0.15, -0.1) is 0 Å². The van der Waals surface area contributed by atoms with E-state index in [0.717, 1.165) is 24.9 Å². The Labute approximate surface area is 183 Å². The minimum absolute atomic E-state index is 0.000578. The Bertz CT molecular complexity index is 987. The molecular weight excluding hydrogens is 426 g/mol. The number of benzene rings is 2. The van der Waals surface area contributed by atoms with E-state index in [4.69, 9.17) is 21.1 Å². The molecule has 1 aliphatic rings. The van der Waals surface area contributed by atoms with Gasteiger partial charge in [0.05, 0.1) is 18.1 Å². The molecule has 0 unspecified atom stereocenters. The summed E-state index contributed by atoms with van der Waals surface area (Å²) in [4.78, 5) is 36.3. The molecule has 0 aromatic heterocycles. The van der Waals surface area contributed by atoms with Gasteiger partial charge in [-0.25, -0.2) is 4.79 Å². The average molecular weight is 446 g/mol. The first-order chi connectivity index (χ1) is 14.9. The number of carbonyl (C=O) groups excluding carboxylic acids is 2. The summed E-state index contributed by atoms with van der Waals surface area (Å²) in [6.07, 6.45) is 2.42. The van der Waals surface area contributed by atoms with Crippen molar-refractivity contribution in [3.63, 3.8) is 0 Å². The summed E-state index contributed by atoms with van der Waals surface area (Å²) < 4.78 is 10.2. The number of esters is 1. The van der Waals surface area contributed by atoms with Crippen LogP contribution >= 0.6 is 11.6 Å². The van der Waals surface area contributed by atoms with Crippen molar-refractivity contribution in [1.82, 2.24) is 0 Å². The van der Waals surface area contributed by atoms with Crippen molar-refractivity contribution in [3.05, 3.63) is 69.2 Å². The Morgan fingerprint density at radius 1 is 1.19 bits per heavy atom. The first kappa shape index (κ1) is 22.3. The van der Waals surface area contributed by atoms with Gasteiger partial charge < -0.3 is 19.7 Å². The molecular formula is C21H20ClN3O6. The summed E-state index contributed by atoms with van der Waals surface area (Å²) in [7, 11) is 0. The molecule has 2 aromatic carbocycles. The molecule has 1 N–H and O–H groups in total. The van der Waals surface area contributed by atoms with Gasteiger partial charge >= 0.3 is 5.97 Å². The molecule has 0 radical (unpaired) electrons. The second kappa shape index (κ2) is 10.6. The number of rotatable bonds is 7. The number of ether oxygens (including phenoxy) is 2. The van der Waals surface area contributed by atoms with Crippen molar-refractivity contribution >= 4 is 46.6 Å². The molecule has 2 aromatic rings. The molecule has 3 rings (SSSR count). The highest BCUT2D eigenvalue weighted by Crippen LogP contribution is 2.25. The summed E-state index contributed by atoms with van der Waals surface area (Å²) in [5, 5.41) is 13.5. The summed E-state index contributed by atoms with van der Waals surface area (Å²) in [5.74, 6) is -1.24. The largest absolute Gasteiger partial charge is 0.452 e. The number of amides is 1. The zero-order chi connectivity index (χ0) is 22.2. The zero-order valence-corrected chi connectivity index (χ0v) is 17.2. The van der Waals surface area contributed by atoms with Gasteiger partial charge in [0.2, 0.25) is 0 Å². The normalized spacial score (nSPS) is 13.8. The lowest BCUT2D eigenvalue weighted by Crippen LogP contribution is -2.36.